The molecule has 0 aromatic carbocycles. The first-order chi connectivity index (χ1) is 4.79. The normalized spacial score (nSPS) is 9.20. The van der Waals surface area contributed by atoms with Crippen LogP contribution in [0.1, 0.15) is 5.69 Å². The summed E-state index contributed by atoms with van der Waals surface area (Å²) in [4.78, 5) is 0. The Morgan fingerprint density at radius 2 is 2.70 bits per heavy atom. The molecule has 0 aliphatic carbocycles. The SMILES string of the molecule is NC(=S)NCc1cc[nH]n1. The van der Waals surface area contributed by atoms with Gasteiger partial charge in [-0.15, -0.1) is 0 Å². The van der Waals surface area contributed by atoms with Gasteiger partial charge in [0.05, 0.1) is 12.2 Å². The Hall–Kier alpha value is -1.10. The Morgan fingerprint density at radius 1 is 1.90 bits per heavy atom. The molecule has 4 nitrogen and oxygen atoms in total. The maximum Gasteiger partial charge on any atom is 0.163 e. The van der Waals surface area contributed by atoms with Crippen molar-refractivity contribution >= 4 is 17.3 Å². The predicted octanol–water partition coefficient (Wildman–Crippen LogP) is -0.257. The van der Waals surface area contributed by atoms with Crippen molar-refractivity contribution in [2.75, 3.05) is 0 Å². The second-order valence-electron chi connectivity index (χ2n) is 1.78. The molecule has 0 spiro atoms. The first-order valence-electron chi connectivity index (χ1n) is 2.81. The molecule has 1 heterocycles. The highest BCUT2D eigenvalue weighted by Crippen LogP contribution is 1.88. The van der Waals surface area contributed by atoms with Crippen molar-refractivity contribution in [3.63, 3.8) is 0 Å². The van der Waals surface area contributed by atoms with E-state index in [0.29, 0.717) is 11.7 Å². The van der Waals surface area contributed by atoms with Gasteiger partial charge in [-0.25, -0.2) is 0 Å². The summed E-state index contributed by atoms with van der Waals surface area (Å²) in [5.41, 5.74) is 6.09. The van der Waals surface area contributed by atoms with E-state index in [2.05, 4.69) is 27.7 Å². The van der Waals surface area contributed by atoms with Gasteiger partial charge < -0.3 is 11.1 Å². The van der Waals surface area contributed by atoms with Crippen LogP contribution in [0, 0.1) is 0 Å². The Labute approximate surface area is 63.8 Å². The average Bonchev–Trinajstić information content (AvgIpc) is 2.34. The molecule has 0 fully saturated rings. The molecule has 0 aliphatic rings. The van der Waals surface area contributed by atoms with Crippen LogP contribution in [-0.2, 0) is 6.54 Å². The minimum Gasteiger partial charge on any atom is -0.376 e. The minimum atomic E-state index is 0.294. The van der Waals surface area contributed by atoms with Crippen molar-refractivity contribution in [1.29, 1.82) is 0 Å². The van der Waals surface area contributed by atoms with E-state index in [1.54, 1.807) is 6.20 Å². The van der Waals surface area contributed by atoms with Gasteiger partial charge in [-0.3, -0.25) is 5.10 Å². The number of nitrogens with zero attached hydrogens (tertiary/aromatic N) is 1. The van der Waals surface area contributed by atoms with E-state index >= 15 is 0 Å². The van der Waals surface area contributed by atoms with Gasteiger partial charge >= 0.3 is 0 Å². The van der Waals surface area contributed by atoms with Crippen LogP contribution in [0.15, 0.2) is 12.3 Å². The van der Waals surface area contributed by atoms with Crippen LogP contribution in [0.3, 0.4) is 0 Å². The fourth-order valence-electron chi connectivity index (χ4n) is 0.567. The second-order valence-corrected chi connectivity index (χ2v) is 2.22. The van der Waals surface area contributed by atoms with Crippen LogP contribution >= 0.6 is 12.2 Å². The molecule has 1 aromatic heterocycles. The predicted molar refractivity (Wildman–Crippen MR) is 42.2 cm³/mol. The third-order valence-electron chi connectivity index (χ3n) is 1.00. The molecule has 0 atom stereocenters. The molecule has 10 heavy (non-hydrogen) atoms. The minimum absolute atomic E-state index is 0.294. The molecule has 0 amide bonds. The van der Waals surface area contributed by atoms with Crippen LogP contribution in [0.5, 0.6) is 0 Å². The first-order valence-corrected chi connectivity index (χ1v) is 3.22. The molecule has 0 unspecified atom stereocenters. The Morgan fingerprint density at radius 3 is 3.20 bits per heavy atom. The van der Waals surface area contributed by atoms with Gasteiger partial charge in [0.1, 0.15) is 0 Å². The van der Waals surface area contributed by atoms with E-state index in [1.165, 1.54) is 0 Å². The number of nitrogens with two attached hydrogens (primary N) is 1. The van der Waals surface area contributed by atoms with Crippen LogP contribution in [-0.4, -0.2) is 15.3 Å². The maximum absolute atomic E-state index is 5.19. The number of aromatic nitrogens is 2. The summed E-state index contributed by atoms with van der Waals surface area (Å²) in [6.45, 7) is 0.582. The van der Waals surface area contributed by atoms with Gasteiger partial charge in [-0.2, -0.15) is 5.10 Å². The third-order valence-corrected chi connectivity index (χ3v) is 1.15. The first kappa shape index (κ1) is 7.01. The van der Waals surface area contributed by atoms with E-state index in [-0.39, 0.29) is 0 Å². The number of aromatic amines is 1. The van der Waals surface area contributed by atoms with Crippen molar-refractivity contribution in [3.05, 3.63) is 18.0 Å². The molecule has 5 heteroatoms. The summed E-state index contributed by atoms with van der Waals surface area (Å²) >= 11 is 4.60. The van der Waals surface area contributed by atoms with Crippen molar-refractivity contribution in [3.8, 4) is 0 Å². The molecule has 0 saturated carbocycles. The fraction of sp³-hybridized carbons (Fsp3) is 0.200. The molecular formula is C5H8N4S. The Kier molecular flexibility index (Phi) is 2.22. The topological polar surface area (TPSA) is 66.7 Å². The number of hydrogen-bond acceptors (Lipinski definition) is 2. The van der Waals surface area contributed by atoms with E-state index < -0.39 is 0 Å². The van der Waals surface area contributed by atoms with Gasteiger partial charge in [0.2, 0.25) is 0 Å². The number of rotatable bonds is 2. The average molecular weight is 156 g/mol. The molecule has 1 aromatic rings. The third kappa shape index (κ3) is 2.02. The summed E-state index contributed by atoms with van der Waals surface area (Å²) in [5, 5.41) is 9.63. The zero-order chi connectivity index (χ0) is 7.40. The molecule has 0 saturated heterocycles. The van der Waals surface area contributed by atoms with Gasteiger partial charge in [-0.05, 0) is 18.3 Å². The zero-order valence-electron chi connectivity index (χ0n) is 5.29. The fourth-order valence-corrected chi connectivity index (χ4v) is 0.639. The number of H-pyrrole nitrogens is 1. The van der Waals surface area contributed by atoms with Crippen molar-refractivity contribution in [2.24, 2.45) is 5.73 Å². The van der Waals surface area contributed by atoms with E-state index in [4.69, 9.17) is 5.73 Å². The molecule has 0 bridgehead atoms. The van der Waals surface area contributed by atoms with Gasteiger partial charge in [-0.1, -0.05) is 0 Å². The lowest BCUT2D eigenvalue weighted by Crippen LogP contribution is -2.28. The van der Waals surface area contributed by atoms with Gasteiger partial charge in [0.15, 0.2) is 5.11 Å². The van der Waals surface area contributed by atoms with Crippen LogP contribution in [0.25, 0.3) is 0 Å². The monoisotopic (exact) mass is 156 g/mol. The lowest BCUT2D eigenvalue weighted by molar-refractivity contribution is 0.862. The lowest BCUT2D eigenvalue weighted by Gasteiger charge is -1.97. The van der Waals surface area contributed by atoms with E-state index in [9.17, 15) is 0 Å². The standard InChI is InChI=1S/C5H8N4S/c6-5(10)7-3-4-1-2-8-9-4/h1-2H,3H2,(H,8,9)(H3,6,7,10). The summed E-state index contributed by atoms with van der Waals surface area (Å²) in [5.74, 6) is 0. The summed E-state index contributed by atoms with van der Waals surface area (Å²) < 4.78 is 0. The zero-order valence-corrected chi connectivity index (χ0v) is 6.11. The Balaban J connectivity index is 2.35. The Bertz CT molecular complexity index is 205. The van der Waals surface area contributed by atoms with Crippen molar-refractivity contribution in [2.45, 2.75) is 6.54 Å². The molecule has 1 rings (SSSR count). The smallest absolute Gasteiger partial charge is 0.163 e. The van der Waals surface area contributed by atoms with Crippen LogP contribution in [0.4, 0.5) is 0 Å². The van der Waals surface area contributed by atoms with Gasteiger partial charge in [0.25, 0.3) is 0 Å². The van der Waals surface area contributed by atoms with E-state index in [1.807, 2.05) is 6.07 Å². The molecule has 0 radical (unpaired) electrons. The summed E-state index contributed by atoms with van der Waals surface area (Å²) in [6, 6.07) is 1.85. The number of thiocarbonyl (C=S) groups is 1. The van der Waals surface area contributed by atoms with Crippen molar-refractivity contribution in [1.82, 2.24) is 15.5 Å². The lowest BCUT2D eigenvalue weighted by atomic mass is 10.4. The molecular weight excluding hydrogens is 148 g/mol. The van der Waals surface area contributed by atoms with Crippen LogP contribution < -0.4 is 11.1 Å². The molecule has 0 aliphatic heterocycles. The highest BCUT2D eigenvalue weighted by atomic mass is 32.1. The highest BCUT2D eigenvalue weighted by molar-refractivity contribution is 7.80. The molecule has 4 N–H and O–H groups in total. The largest absolute Gasteiger partial charge is 0.376 e. The second kappa shape index (κ2) is 3.17. The highest BCUT2D eigenvalue weighted by Gasteiger charge is 1.92. The molecule has 54 valence electrons. The quantitative estimate of drug-likeness (QED) is 0.516. The summed E-state index contributed by atoms with van der Waals surface area (Å²) in [7, 11) is 0. The van der Waals surface area contributed by atoms with Crippen LogP contribution in [0.2, 0.25) is 0 Å². The van der Waals surface area contributed by atoms with Gasteiger partial charge in [0, 0.05) is 6.20 Å². The maximum atomic E-state index is 5.19. The van der Waals surface area contributed by atoms with E-state index in [0.717, 1.165) is 5.69 Å². The number of nitrogens with one attached hydrogen (secondary N) is 2. The number of hydrogen-bond donors (Lipinski definition) is 3. The van der Waals surface area contributed by atoms with Crippen molar-refractivity contribution < 1.29 is 0 Å². The summed E-state index contributed by atoms with van der Waals surface area (Å²) in [6.07, 6.45) is 1.75.